The maximum atomic E-state index is 10.2. The van der Waals surface area contributed by atoms with E-state index >= 15 is 0 Å². The molecule has 14 heavy (non-hydrogen) atoms. The Kier molecular flexibility index (Phi) is 4.01. The molecule has 1 rings (SSSR count). The van der Waals surface area contributed by atoms with E-state index in [9.17, 15) is 5.11 Å². The summed E-state index contributed by atoms with van der Waals surface area (Å²) in [5.41, 5.74) is 0.929. The average molecular weight is 193 g/mol. The highest BCUT2D eigenvalue weighted by molar-refractivity contribution is 5.55. The Bertz CT molecular complexity index is 318. The fraction of sp³-hybridized carbons (Fsp3) is 0.273. The van der Waals surface area contributed by atoms with Crippen LogP contribution in [0.1, 0.15) is 5.56 Å². The second kappa shape index (κ2) is 5.29. The highest BCUT2D eigenvalue weighted by Crippen LogP contribution is 2.27. The van der Waals surface area contributed by atoms with Gasteiger partial charge in [-0.2, -0.15) is 0 Å². The molecule has 1 radical (unpaired) electrons. The largest absolute Gasteiger partial charge is 0.493 e. The number of hydrogen-bond donors (Lipinski definition) is 0. The van der Waals surface area contributed by atoms with Gasteiger partial charge in [0, 0.05) is 0 Å². The Balaban J connectivity index is 2.95. The maximum absolute atomic E-state index is 10.2. The molecule has 1 aromatic carbocycles. The molecule has 0 aliphatic carbocycles. The van der Waals surface area contributed by atoms with E-state index in [2.05, 4.69) is 0 Å². The zero-order valence-corrected chi connectivity index (χ0v) is 8.32. The first-order valence-electron chi connectivity index (χ1n) is 4.28. The van der Waals surface area contributed by atoms with Crippen LogP contribution in [0.3, 0.4) is 0 Å². The summed E-state index contributed by atoms with van der Waals surface area (Å²) >= 11 is 0. The third kappa shape index (κ3) is 2.50. The summed E-state index contributed by atoms with van der Waals surface area (Å²) < 4.78 is 10.2. The molecule has 0 bridgehead atoms. The summed E-state index contributed by atoms with van der Waals surface area (Å²) in [7, 11) is 3.17. The van der Waals surface area contributed by atoms with Crippen LogP contribution in [0, 0.1) is 0 Å². The van der Waals surface area contributed by atoms with Crippen molar-refractivity contribution in [1.82, 2.24) is 0 Å². The predicted molar refractivity (Wildman–Crippen MR) is 54.1 cm³/mol. The van der Waals surface area contributed by atoms with Crippen LogP contribution in [-0.4, -0.2) is 20.8 Å². The van der Waals surface area contributed by atoms with Crippen molar-refractivity contribution in [3.8, 4) is 11.5 Å². The van der Waals surface area contributed by atoms with Crippen LogP contribution in [0.15, 0.2) is 24.3 Å². The molecule has 0 aliphatic rings. The van der Waals surface area contributed by atoms with E-state index in [1.807, 2.05) is 18.2 Å². The van der Waals surface area contributed by atoms with E-state index in [1.165, 1.54) is 0 Å². The first-order chi connectivity index (χ1) is 6.81. The third-order valence-corrected chi connectivity index (χ3v) is 1.81. The SMILES string of the molecule is COc1ccc(/C=C/C[O])cc1OC. The normalized spacial score (nSPS) is 10.5. The Hall–Kier alpha value is -1.48. The van der Waals surface area contributed by atoms with E-state index in [-0.39, 0.29) is 6.61 Å². The minimum Gasteiger partial charge on any atom is -0.493 e. The number of methoxy groups -OCH3 is 2. The molecule has 0 aromatic heterocycles. The van der Waals surface area contributed by atoms with Gasteiger partial charge in [0.25, 0.3) is 0 Å². The van der Waals surface area contributed by atoms with Crippen LogP contribution < -0.4 is 9.47 Å². The van der Waals surface area contributed by atoms with Gasteiger partial charge in [-0.05, 0) is 17.7 Å². The summed E-state index contributed by atoms with van der Waals surface area (Å²) in [6, 6.07) is 5.50. The van der Waals surface area contributed by atoms with Crippen LogP contribution in [0.25, 0.3) is 6.08 Å². The van der Waals surface area contributed by atoms with Gasteiger partial charge in [0.2, 0.25) is 0 Å². The Morgan fingerprint density at radius 3 is 2.50 bits per heavy atom. The molecule has 0 amide bonds. The standard InChI is InChI=1S/C11H13O3/c1-13-10-6-5-9(4-3-7-12)8-11(10)14-2/h3-6,8H,7H2,1-2H3/b4-3+. The fourth-order valence-corrected chi connectivity index (χ4v) is 1.14. The Morgan fingerprint density at radius 2 is 1.93 bits per heavy atom. The summed E-state index contributed by atoms with van der Waals surface area (Å²) in [6.45, 7) is -0.214. The molecule has 0 saturated carbocycles. The van der Waals surface area contributed by atoms with Gasteiger partial charge in [0.15, 0.2) is 11.5 Å². The molecule has 0 N–H and O–H groups in total. The van der Waals surface area contributed by atoms with E-state index in [4.69, 9.17) is 9.47 Å². The summed E-state index contributed by atoms with van der Waals surface area (Å²) in [5.74, 6) is 1.35. The topological polar surface area (TPSA) is 38.4 Å². The minimum absolute atomic E-state index is 0.214. The molecular formula is C11H13O3. The quantitative estimate of drug-likeness (QED) is 0.734. The van der Waals surface area contributed by atoms with Crippen molar-refractivity contribution < 1.29 is 14.6 Å². The summed E-state index contributed by atoms with van der Waals surface area (Å²) in [4.78, 5) is 0. The number of hydrogen-bond acceptors (Lipinski definition) is 2. The van der Waals surface area contributed by atoms with Crippen molar-refractivity contribution in [2.45, 2.75) is 0 Å². The molecular weight excluding hydrogens is 180 g/mol. The molecule has 0 atom stereocenters. The van der Waals surface area contributed by atoms with Crippen molar-refractivity contribution in [3.05, 3.63) is 29.8 Å². The van der Waals surface area contributed by atoms with Crippen LogP contribution in [-0.2, 0) is 5.11 Å². The van der Waals surface area contributed by atoms with Gasteiger partial charge in [0.05, 0.1) is 14.2 Å². The van der Waals surface area contributed by atoms with Gasteiger partial charge in [-0.3, -0.25) is 0 Å². The lowest BCUT2D eigenvalue weighted by Gasteiger charge is -2.07. The summed E-state index contributed by atoms with van der Waals surface area (Å²) in [5, 5.41) is 10.2. The first-order valence-corrected chi connectivity index (χ1v) is 4.28. The van der Waals surface area contributed by atoms with Gasteiger partial charge >= 0.3 is 0 Å². The van der Waals surface area contributed by atoms with E-state index in [1.54, 1.807) is 26.4 Å². The molecule has 3 nitrogen and oxygen atoms in total. The monoisotopic (exact) mass is 193 g/mol. The van der Waals surface area contributed by atoms with E-state index < -0.39 is 0 Å². The molecule has 0 saturated heterocycles. The van der Waals surface area contributed by atoms with Crippen molar-refractivity contribution in [1.29, 1.82) is 0 Å². The van der Waals surface area contributed by atoms with Crippen molar-refractivity contribution in [2.24, 2.45) is 0 Å². The molecule has 75 valence electrons. The van der Waals surface area contributed by atoms with E-state index in [0.717, 1.165) is 5.56 Å². The van der Waals surface area contributed by atoms with Gasteiger partial charge < -0.3 is 9.47 Å². The van der Waals surface area contributed by atoms with Crippen LogP contribution in [0.2, 0.25) is 0 Å². The molecule has 3 heteroatoms. The lowest BCUT2D eigenvalue weighted by molar-refractivity contribution is 0.233. The molecule has 1 aromatic rings. The highest BCUT2D eigenvalue weighted by Gasteiger charge is 2.01. The number of rotatable bonds is 4. The van der Waals surface area contributed by atoms with Crippen molar-refractivity contribution >= 4 is 6.08 Å². The summed E-state index contributed by atoms with van der Waals surface area (Å²) in [6.07, 6.45) is 3.32. The van der Waals surface area contributed by atoms with Gasteiger partial charge in [-0.1, -0.05) is 18.2 Å². The van der Waals surface area contributed by atoms with Gasteiger partial charge in [-0.15, -0.1) is 0 Å². The minimum atomic E-state index is -0.214. The van der Waals surface area contributed by atoms with E-state index in [0.29, 0.717) is 11.5 Å². The number of ether oxygens (including phenoxy) is 2. The van der Waals surface area contributed by atoms with Crippen molar-refractivity contribution in [2.75, 3.05) is 20.8 Å². The van der Waals surface area contributed by atoms with Crippen LogP contribution in [0.4, 0.5) is 0 Å². The average Bonchev–Trinajstić information content (AvgIpc) is 2.25. The first kappa shape index (κ1) is 10.6. The molecule has 0 fully saturated rings. The number of benzene rings is 1. The predicted octanol–water partition coefficient (Wildman–Crippen LogP) is 2.15. The van der Waals surface area contributed by atoms with Crippen molar-refractivity contribution in [3.63, 3.8) is 0 Å². The molecule has 0 heterocycles. The smallest absolute Gasteiger partial charge is 0.161 e. The second-order valence-corrected chi connectivity index (χ2v) is 2.68. The van der Waals surface area contributed by atoms with Gasteiger partial charge in [0.1, 0.15) is 6.61 Å². The zero-order chi connectivity index (χ0) is 10.4. The maximum Gasteiger partial charge on any atom is 0.161 e. The highest BCUT2D eigenvalue weighted by atomic mass is 16.5. The van der Waals surface area contributed by atoms with Crippen LogP contribution in [0.5, 0.6) is 11.5 Å². The Morgan fingerprint density at radius 1 is 1.21 bits per heavy atom. The third-order valence-electron chi connectivity index (χ3n) is 1.81. The molecule has 0 aliphatic heterocycles. The molecule has 0 unspecified atom stereocenters. The Labute approximate surface area is 83.6 Å². The lowest BCUT2D eigenvalue weighted by atomic mass is 10.2. The fourth-order valence-electron chi connectivity index (χ4n) is 1.14. The van der Waals surface area contributed by atoms with Gasteiger partial charge in [-0.25, -0.2) is 5.11 Å². The zero-order valence-electron chi connectivity index (χ0n) is 8.32. The lowest BCUT2D eigenvalue weighted by Crippen LogP contribution is -1.90. The second-order valence-electron chi connectivity index (χ2n) is 2.68. The molecule has 0 spiro atoms. The van der Waals surface area contributed by atoms with Crippen LogP contribution >= 0.6 is 0 Å².